The molecule has 3 heteroatoms. The lowest BCUT2D eigenvalue weighted by Gasteiger charge is -2.01. The minimum absolute atomic E-state index is 0.940. The molecule has 1 aromatic carbocycles. The number of hydrogen-bond acceptors (Lipinski definition) is 2. The van der Waals surface area contributed by atoms with Gasteiger partial charge in [-0.3, -0.25) is 0 Å². The van der Waals surface area contributed by atoms with Gasteiger partial charge in [0.05, 0.1) is 11.2 Å². The number of hydrogen-bond donors (Lipinski definition) is 0. The van der Waals surface area contributed by atoms with Crippen LogP contribution in [-0.2, 0) is 6.42 Å². The second-order valence-electron chi connectivity index (χ2n) is 2.84. The third-order valence-electron chi connectivity index (χ3n) is 2.01. The smallest absolute Gasteiger partial charge is 0.116 e. The van der Waals surface area contributed by atoms with Gasteiger partial charge in [-0.2, -0.15) is 0 Å². The summed E-state index contributed by atoms with van der Waals surface area (Å²) in [5.41, 5.74) is 2.11. The zero-order valence-electron chi connectivity index (χ0n) is 7.29. The van der Waals surface area contributed by atoms with Crippen LogP contribution in [0, 0.1) is 0 Å². The van der Waals surface area contributed by atoms with Gasteiger partial charge in [0.15, 0.2) is 0 Å². The lowest BCUT2D eigenvalue weighted by molar-refractivity contribution is 1.03. The van der Waals surface area contributed by atoms with E-state index < -0.39 is 0 Å². The summed E-state index contributed by atoms with van der Waals surface area (Å²) in [6, 6.07) is 6.06. The normalized spacial score (nSPS) is 10.6. The van der Waals surface area contributed by atoms with Crippen molar-refractivity contribution in [1.82, 2.24) is 9.97 Å². The summed E-state index contributed by atoms with van der Waals surface area (Å²) in [6.07, 6.45) is 2.56. The highest BCUT2D eigenvalue weighted by atomic mass is 79.9. The van der Waals surface area contributed by atoms with E-state index in [9.17, 15) is 0 Å². The summed E-state index contributed by atoms with van der Waals surface area (Å²) in [5.74, 6) is 0. The van der Waals surface area contributed by atoms with Crippen molar-refractivity contribution in [3.63, 3.8) is 0 Å². The third kappa shape index (κ3) is 1.56. The molecule has 2 aromatic rings. The van der Waals surface area contributed by atoms with Crippen molar-refractivity contribution < 1.29 is 0 Å². The van der Waals surface area contributed by atoms with Crippen molar-refractivity contribution in [2.45, 2.75) is 13.3 Å². The molecule has 0 bridgehead atoms. The van der Waals surface area contributed by atoms with E-state index in [-0.39, 0.29) is 0 Å². The van der Waals surface area contributed by atoms with E-state index >= 15 is 0 Å². The van der Waals surface area contributed by atoms with Crippen molar-refractivity contribution in [3.05, 3.63) is 34.7 Å². The van der Waals surface area contributed by atoms with E-state index in [4.69, 9.17) is 0 Å². The van der Waals surface area contributed by atoms with Crippen LogP contribution in [0.5, 0.6) is 0 Å². The molecule has 1 heterocycles. The van der Waals surface area contributed by atoms with Crippen LogP contribution < -0.4 is 0 Å². The molecule has 0 saturated carbocycles. The molecule has 0 aliphatic carbocycles. The van der Waals surface area contributed by atoms with Gasteiger partial charge in [-0.15, -0.1) is 0 Å². The fourth-order valence-corrected chi connectivity index (χ4v) is 1.73. The Labute approximate surface area is 85.1 Å². The average molecular weight is 237 g/mol. The predicted octanol–water partition coefficient (Wildman–Crippen LogP) is 2.95. The van der Waals surface area contributed by atoms with Crippen molar-refractivity contribution in [3.8, 4) is 0 Å². The molecule has 1 aromatic heterocycles. The van der Waals surface area contributed by atoms with Crippen LogP contribution in [0.3, 0.4) is 0 Å². The van der Waals surface area contributed by atoms with Gasteiger partial charge in [0.2, 0.25) is 0 Å². The van der Waals surface area contributed by atoms with Gasteiger partial charge in [0.25, 0.3) is 0 Å². The minimum Gasteiger partial charge on any atom is -0.241 e. The van der Waals surface area contributed by atoms with Crippen LogP contribution in [0.4, 0.5) is 0 Å². The van der Waals surface area contributed by atoms with Gasteiger partial charge in [-0.05, 0) is 24.6 Å². The van der Waals surface area contributed by atoms with Gasteiger partial charge in [-0.1, -0.05) is 22.9 Å². The van der Waals surface area contributed by atoms with E-state index in [0.717, 1.165) is 27.5 Å². The topological polar surface area (TPSA) is 25.8 Å². The lowest BCUT2D eigenvalue weighted by Crippen LogP contribution is -1.90. The Morgan fingerprint density at radius 2 is 2.15 bits per heavy atom. The minimum atomic E-state index is 0.940. The second kappa shape index (κ2) is 3.42. The molecule has 0 amide bonds. The van der Waals surface area contributed by atoms with Crippen LogP contribution in [-0.4, -0.2) is 9.97 Å². The van der Waals surface area contributed by atoms with Crippen LogP contribution in [0.15, 0.2) is 29.0 Å². The first kappa shape index (κ1) is 8.63. The van der Waals surface area contributed by atoms with E-state index in [1.807, 2.05) is 12.1 Å². The molecule has 2 rings (SSSR count). The summed E-state index contributed by atoms with van der Waals surface area (Å²) in [7, 11) is 0. The lowest BCUT2D eigenvalue weighted by atomic mass is 10.1. The Bertz CT molecular complexity index is 440. The fraction of sp³-hybridized carbons (Fsp3) is 0.200. The first-order valence-corrected chi connectivity index (χ1v) is 4.99. The molecule has 0 aliphatic heterocycles. The quantitative estimate of drug-likeness (QED) is 0.761. The molecule has 0 spiro atoms. The van der Waals surface area contributed by atoms with Gasteiger partial charge in [0.1, 0.15) is 6.33 Å². The molecular weight excluding hydrogens is 228 g/mol. The first-order chi connectivity index (χ1) is 6.31. The predicted molar refractivity (Wildman–Crippen MR) is 56.6 cm³/mol. The molecule has 0 unspecified atom stereocenters. The molecule has 0 fully saturated rings. The average Bonchev–Trinajstić information content (AvgIpc) is 2.17. The molecule has 0 saturated heterocycles. The zero-order valence-corrected chi connectivity index (χ0v) is 8.87. The molecule has 13 heavy (non-hydrogen) atoms. The molecule has 0 atom stereocenters. The van der Waals surface area contributed by atoms with Crippen molar-refractivity contribution in [2.75, 3.05) is 0 Å². The van der Waals surface area contributed by atoms with Crippen LogP contribution in [0.1, 0.15) is 12.6 Å². The maximum Gasteiger partial charge on any atom is 0.116 e. The number of halogens is 1. The number of nitrogens with zero attached hydrogens (tertiary/aromatic N) is 2. The molecule has 0 N–H and O–H groups in total. The van der Waals surface area contributed by atoms with Crippen molar-refractivity contribution >= 4 is 26.8 Å². The standard InChI is InChI=1S/C10H9BrN2/c1-2-9-8-5-7(11)3-4-10(8)13-6-12-9/h3-6H,2H2,1H3. The molecule has 0 radical (unpaired) electrons. The number of benzene rings is 1. The van der Waals surface area contributed by atoms with E-state index in [2.05, 4.69) is 38.9 Å². The van der Waals surface area contributed by atoms with Gasteiger partial charge < -0.3 is 0 Å². The third-order valence-corrected chi connectivity index (χ3v) is 2.51. The van der Waals surface area contributed by atoms with Crippen molar-refractivity contribution in [2.24, 2.45) is 0 Å². The number of fused-ring (bicyclic) bond motifs is 1. The monoisotopic (exact) mass is 236 g/mol. The number of rotatable bonds is 1. The summed E-state index contributed by atoms with van der Waals surface area (Å²) >= 11 is 3.44. The Morgan fingerprint density at radius 1 is 1.31 bits per heavy atom. The Morgan fingerprint density at radius 3 is 2.92 bits per heavy atom. The summed E-state index contributed by atoms with van der Waals surface area (Å²) in [5, 5.41) is 1.14. The van der Waals surface area contributed by atoms with Gasteiger partial charge in [0, 0.05) is 9.86 Å². The van der Waals surface area contributed by atoms with Crippen LogP contribution >= 0.6 is 15.9 Å². The Kier molecular flexibility index (Phi) is 2.27. The van der Waals surface area contributed by atoms with Crippen molar-refractivity contribution in [1.29, 1.82) is 0 Å². The fourth-order valence-electron chi connectivity index (χ4n) is 1.36. The largest absolute Gasteiger partial charge is 0.241 e. The van der Waals surface area contributed by atoms with Crippen LogP contribution in [0.25, 0.3) is 10.9 Å². The SMILES string of the molecule is CCc1ncnc2ccc(Br)cc12. The van der Waals surface area contributed by atoms with Gasteiger partial charge in [-0.25, -0.2) is 9.97 Å². The number of aryl methyl sites for hydroxylation is 1. The van der Waals surface area contributed by atoms with Gasteiger partial charge >= 0.3 is 0 Å². The Hall–Kier alpha value is -0.960. The highest BCUT2D eigenvalue weighted by molar-refractivity contribution is 9.10. The number of aromatic nitrogens is 2. The maximum atomic E-state index is 4.23. The van der Waals surface area contributed by atoms with E-state index in [0.29, 0.717) is 0 Å². The highest BCUT2D eigenvalue weighted by Gasteiger charge is 2.01. The molecule has 66 valence electrons. The molecular formula is C10H9BrN2. The Balaban J connectivity index is 2.79. The van der Waals surface area contributed by atoms with Crippen LogP contribution in [0.2, 0.25) is 0 Å². The highest BCUT2D eigenvalue weighted by Crippen LogP contribution is 2.20. The first-order valence-electron chi connectivity index (χ1n) is 4.20. The summed E-state index contributed by atoms with van der Waals surface area (Å²) in [6.45, 7) is 2.10. The summed E-state index contributed by atoms with van der Waals surface area (Å²) < 4.78 is 1.07. The maximum absolute atomic E-state index is 4.23. The molecule has 2 nitrogen and oxygen atoms in total. The summed E-state index contributed by atoms with van der Waals surface area (Å²) in [4.78, 5) is 8.43. The van der Waals surface area contributed by atoms with E-state index in [1.165, 1.54) is 0 Å². The second-order valence-corrected chi connectivity index (χ2v) is 3.75. The molecule has 0 aliphatic rings. The zero-order chi connectivity index (χ0) is 9.26. The van der Waals surface area contributed by atoms with E-state index in [1.54, 1.807) is 6.33 Å².